The summed E-state index contributed by atoms with van der Waals surface area (Å²) in [4.78, 5) is 24.9. The van der Waals surface area contributed by atoms with Crippen molar-refractivity contribution in [2.24, 2.45) is 0 Å². The highest BCUT2D eigenvalue weighted by atomic mass is 16.6. The van der Waals surface area contributed by atoms with Crippen molar-refractivity contribution in [2.45, 2.75) is 30.6 Å². The van der Waals surface area contributed by atoms with Crippen LogP contribution in [0.2, 0.25) is 0 Å². The molecule has 0 saturated carbocycles. The summed E-state index contributed by atoms with van der Waals surface area (Å²) in [7, 11) is 0. The van der Waals surface area contributed by atoms with Gasteiger partial charge in [-0.1, -0.05) is 30.3 Å². The monoisotopic (exact) mass is 477 g/mol. The Morgan fingerprint density at radius 3 is 2.40 bits per heavy atom. The summed E-state index contributed by atoms with van der Waals surface area (Å²) in [6.45, 7) is -0.588. The molecule has 0 bridgehead atoms. The predicted octanol–water partition coefficient (Wildman–Crippen LogP) is -0.180. The lowest BCUT2D eigenvalue weighted by molar-refractivity contribution is -0.252. The lowest BCUT2D eigenvalue weighted by atomic mass is 9.96. The maximum absolute atomic E-state index is 12.9. The molecule has 0 unspecified atom stereocenters. The zero-order chi connectivity index (χ0) is 24.7. The molecule has 180 valence electrons. The van der Waals surface area contributed by atoms with Crippen LogP contribution in [0.3, 0.4) is 0 Å². The molecular formula is C26H23NO8. The summed E-state index contributed by atoms with van der Waals surface area (Å²) >= 11 is 0. The molecule has 3 aromatic carbocycles. The van der Waals surface area contributed by atoms with E-state index < -0.39 is 42.7 Å². The average molecular weight is 477 g/mol. The molecule has 1 saturated heterocycles. The van der Waals surface area contributed by atoms with Gasteiger partial charge in [0.15, 0.2) is 17.1 Å². The van der Waals surface area contributed by atoms with Crippen molar-refractivity contribution in [1.82, 2.24) is 5.32 Å². The Labute approximate surface area is 198 Å². The first kappa shape index (κ1) is 23.2. The minimum absolute atomic E-state index is 0.0936. The van der Waals surface area contributed by atoms with Crippen LogP contribution in [0.1, 0.15) is 0 Å². The van der Waals surface area contributed by atoms with E-state index in [-0.39, 0.29) is 16.2 Å². The minimum Gasteiger partial charge on any atom is -0.455 e. The second-order valence-electron chi connectivity index (χ2n) is 8.42. The molecular weight excluding hydrogens is 454 g/mol. The molecule has 0 radical (unpaired) electrons. The van der Waals surface area contributed by atoms with E-state index in [4.69, 9.17) is 9.15 Å². The lowest BCUT2D eigenvalue weighted by Crippen LogP contribution is -2.62. The highest BCUT2D eigenvalue weighted by Crippen LogP contribution is 2.34. The van der Waals surface area contributed by atoms with Crippen molar-refractivity contribution in [3.63, 3.8) is 0 Å². The number of ether oxygens (including phenoxy) is 1. The fourth-order valence-electron chi connectivity index (χ4n) is 4.45. The van der Waals surface area contributed by atoms with Crippen LogP contribution in [0.5, 0.6) is 0 Å². The summed E-state index contributed by atoms with van der Waals surface area (Å²) in [5.41, 5.74) is 1.49. The van der Waals surface area contributed by atoms with Crippen LogP contribution in [0, 0.1) is 0 Å². The Morgan fingerprint density at radius 2 is 1.66 bits per heavy atom. The number of aliphatic hydroxyl groups excluding tert-OH is 4. The summed E-state index contributed by atoms with van der Waals surface area (Å²) in [5, 5.41) is 44.2. The van der Waals surface area contributed by atoms with Crippen LogP contribution >= 0.6 is 0 Å². The number of hydrogen-bond donors (Lipinski definition) is 5. The lowest BCUT2D eigenvalue weighted by Gasteiger charge is -2.40. The van der Waals surface area contributed by atoms with Gasteiger partial charge >= 0.3 is 0 Å². The summed E-state index contributed by atoms with van der Waals surface area (Å²) in [6.07, 6.45) is -4.38. The smallest absolute Gasteiger partial charge is 0.191 e. The second kappa shape index (κ2) is 9.21. The third-order valence-corrected chi connectivity index (χ3v) is 6.24. The van der Waals surface area contributed by atoms with Crippen molar-refractivity contribution < 1.29 is 29.6 Å². The van der Waals surface area contributed by atoms with Crippen LogP contribution < -0.4 is 21.4 Å². The second-order valence-corrected chi connectivity index (χ2v) is 8.42. The Bertz CT molecular complexity index is 1550. The summed E-state index contributed by atoms with van der Waals surface area (Å²) in [5.74, 6) is 0. The van der Waals surface area contributed by atoms with Crippen molar-refractivity contribution in [1.29, 1.82) is 0 Å². The van der Waals surface area contributed by atoms with Crippen molar-refractivity contribution in [3.8, 4) is 11.1 Å². The van der Waals surface area contributed by atoms with Gasteiger partial charge in [-0.25, -0.2) is 0 Å². The van der Waals surface area contributed by atoms with Gasteiger partial charge in [0.2, 0.25) is 0 Å². The van der Waals surface area contributed by atoms with E-state index >= 15 is 0 Å². The largest absolute Gasteiger partial charge is 0.455 e. The molecule has 5 rings (SSSR count). The number of hydrogen-bond acceptors (Lipinski definition) is 9. The van der Waals surface area contributed by atoms with E-state index in [0.717, 1.165) is 11.1 Å². The van der Waals surface area contributed by atoms with Gasteiger partial charge in [0.25, 0.3) is 0 Å². The zero-order valence-electron chi connectivity index (χ0n) is 18.4. The number of aliphatic hydroxyl groups is 4. The van der Waals surface area contributed by atoms with Gasteiger partial charge in [-0.3, -0.25) is 9.59 Å². The molecule has 1 fully saturated rings. The SMILES string of the molecule is O=c1ccc2c(-c3ccccc3)c3ccc(=O)/c(=C\N[C@@H]4[C@@H](O)[C@H](O)[C@@H](CO)O[C@H]4O)c3oc2c1. The fourth-order valence-corrected chi connectivity index (χ4v) is 4.45. The molecule has 0 aliphatic carbocycles. The minimum atomic E-state index is -1.56. The van der Waals surface area contributed by atoms with Crippen LogP contribution in [-0.2, 0) is 4.74 Å². The highest BCUT2D eigenvalue weighted by molar-refractivity contribution is 6.07. The van der Waals surface area contributed by atoms with E-state index in [2.05, 4.69) is 5.32 Å². The van der Waals surface area contributed by atoms with Crippen LogP contribution in [-0.4, -0.2) is 57.7 Å². The summed E-state index contributed by atoms with van der Waals surface area (Å²) in [6, 6.07) is 15.8. The van der Waals surface area contributed by atoms with E-state index in [1.807, 2.05) is 30.3 Å². The van der Waals surface area contributed by atoms with Crippen LogP contribution in [0.15, 0.2) is 74.7 Å². The van der Waals surface area contributed by atoms with Crippen molar-refractivity contribution in [2.75, 3.05) is 6.61 Å². The standard InChI is InChI=1S/C26H23NO8/c28-12-20-23(31)24(32)22(26(33)35-20)27-11-17-18(30)9-8-16-21(13-4-2-1-3-5-13)15-7-6-14(29)10-19(15)34-25(16)17/h1-11,20,22-24,26-28,31-33H,12H2/b17-11+/t20-,22-,23-,24-,26-/m1/s1. The number of rotatable bonds is 4. The Hall–Kier alpha value is -3.60. The summed E-state index contributed by atoms with van der Waals surface area (Å²) < 4.78 is 11.2. The molecule has 1 aromatic heterocycles. The van der Waals surface area contributed by atoms with Crippen LogP contribution in [0.25, 0.3) is 39.3 Å². The molecule has 5 N–H and O–H groups in total. The van der Waals surface area contributed by atoms with E-state index in [0.29, 0.717) is 16.4 Å². The van der Waals surface area contributed by atoms with E-state index in [1.165, 1.54) is 24.4 Å². The van der Waals surface area contributed by atoms with Crippen LogP contribution in [0.4, 0.5) is 0 Å². The molecule has 5 atom stereocenters. The molecule has 0 spiro atoms. The number of nitrogens with one attached hydrogen (secondary N) is 1. The number of benzene rings is 3. The van der Waals surface area contributed by atoms with Gasteiger partial charge in [-0.15, -0.1) is 0 Å². The van der Waals surface area contributed by atoms with Gasteiger partial charge in [0, 0.05) is 28.6 Å². The topological polar surface area (TPSA) is 149 Å². The van der Waals surface area contributed by atoms with Gasteiger partial charge in [-0.05, 0) is 29.8 Å². The zero-order valence-corrected chi connectivity index (χ0v) is 18.4. The Kier molecular flexibility index (Phi) is 6.10. The normalized spacial score (nSPS) is 25.3. The first-order chi connectivity index (χ1) is 16.9. The van der Waals surface area contributed by atoms with Gasteiger partial charge in [-0.2, -0.15) is 0 Å². The van der Waals surface area contributed by atoms with Gasteiger partial charge < -0.3 is 34.9 Å². The molecule has 9 nitrogen and oxygen atoms in total. The van der Waals surface area contributed by atoms with Crippen molar-refractivity contribution >= 4 is 28.1 Å². The van der Waals surface area contributed by atoms with E-state index in [9.17, 15) is 30.0 Å². The molecule has 35 heavy (non-hydrogen) atoms. The third kappa shape index (κ3) is 4.09. The average Bonchev–Trinajstić information content (AvgIpc) is 2.86. The first-order valence-electron chi connectivity index (χ1n) is 11.0. The maximum atomic E-state index is 12.9. The predicted molar refractivity (Wildman–Crippen MR) is 128 cm³/mol. The molecule has 4 aromatic rings. The highest BCUT2D eigenvalue weighted by Gasteiger charge is 2.43. The van der Waals surface area contributed by atoms with Gasteiger partial charge in [0.1, 0.15) is 35.5 Å². The Balaban J connectivity index is 1.71. The fraction of sp³-hybridized carbons (Fsp3) is 0.231. The molecule has 9 heteroatoms. The van der Waals surface area contributed by atoms with E-state index in [1.54, 1.807) is 12.1 Å². The Morgan fingerprint density at radius 1 is 0.914 bits per heavy atom. The third-order valence-electron chi connectivity index (χ3n) is 6.24. The maximum Gasteiger partial charge on any atom is 0.191 e. The van der Waals surface area contributed by atoms with Gasteiger partial charge in [0.05, 0.1) is 11.8 Å². The van der Waals surface area contributed by atoms with Crippen molar-refractivity contribution in [3.05, 3.63) is 86.3 Å². The quantitative estimate of drug-likeness (QED) is 0.252. The number of fused-ring (bicyclic) bond motifs is 2. The molecule has 1 aliphatic heterocycles. The molecule has 1 aliphatic rings. The molecule has 2 heterocycles. The first-order valence-corrected chi connectivity index (χ1v) is 11.0. The molecule has 0 amide bonds.